The van der Waals surface area contributed by atoms with E-state index in [2.05, 4.69) is 10.2 Å². The number of piperazine rings is 1. The second-order valence-electron chi connectivity index (χ2n) is 6.96. The summed E-state index contributed by atoms with van der Waals surface area (Å²) in [6.07, 6.45) is -0.233. The number of hydrogen-bond donors (Lipinski definition) is 1. The molecule has 4 rings (SSSR count). The normalized spacial score (nSPS) is 14.7. The number of amides is 1. The van der Waals surface area contributed by atoms with Crippen LogP contribution in [0.5, 0.6) is 0 Å². The van der Waals surface area contributed by atoms with Crippen LogP contribution in [0.4, 0.5) is 16.3 Å². The fraction of sp³-hybridized carbons (Fsp3) is 0.318. The minimum Gasteiger partial charge on any atom is -0.450 e. The number of carbonyl (C=O) groups is 1. The van der Waals surface area contributed by atoms with Crippen LogP contribution >= 0.6 is 0 Å². The van der Waals surface area contributed by atoms with E-state index in [1.807, 2.05) is 61.5 Å². The quantitative estimate of drug-likeness (QED) is 0.716. The summed E-state index contributed by atoms with van der Waals surface area (Å²) in [6, 6.07) is 18.0. The van der Waals surface area contributed by atoms with Gasteiger partial charge in [-0.3, -0.25) is 4.90 Å². The van der Waals surface area contributed by atoms with E-state index in [0.717, 1.165) is 41.3 Å². The summed E-state index contributed by atoms with van der Waals surface area (Å²) >= 11 is 0. The van der Waals surface area contributed by atoms with Gasteiger partial charge >= 0.3 is 6.09 Å². The first-order valence-corrected chi connectivity index (χ1v) is 9.94. The molecule has 1 saturated heterocycles. The van der Waals surface area contributed by atoms with E-state index in [1.165, 1.54) is 0 Å². The SMILES string of the molecule is CCOC(=O)N1CCN(Cc2nc(Nc3ccccc3)c3ccccc3n2)CC1. The Kier molecular flexibility index (Phi) is 5.86. The maximum Gasteiger partial charge on any atom is 0.409 e. The van der Waals surface area contributed by atoms with E-state index in [0.29, 0.717) is 26.2 Å². The number of fused-ring (bicyclic) bond motifs is 1. The molecule has 3 aromatic rings. The summed E-state index contributed by atoms with van der Waals surface area (Å²) in [7, 11) is 0. The molecule has 1 fully saturated rings. The molecule has 2 aromatic carbocycles. The monoisotopic (exact) mass is 391 g/mol. The van der Waals surface area contributed by atoms with Crippen molar-refractivity contribution >= 4 is 28.5 Å². The number of nitrogens with zero attached hydrogens (tertiary/aromatic N) is 4. The van der Waals surface area contributed by atoms with Crippen LogP contribution in [0.15, 0.2) is 54.6 Å². The Morgan fingerprint density at radius 1 is 1.00 bits per heavy atom. The van der Waals surface area contributed by atoms with Crippen molar-refractivity contribution in [3.63, 3.8) is 0 Å². The molecule has 1 N–H and O–H groups in total. The lowest BCUT2D eigenvalue weighted by molar-refractivity contribution is 0.0772. The van der Waals surface area contributed by atoms with E-state index >= 15 is 0 Å². The molecular formula is C22H25N5O2. The molecule has 0 atom stereocenters. The summed E-state index contributed by atoms with van der Waals surface area (Å²) < 4.78 is 5.09. The molecule has 2 heterocycles. The zero-order valence-electron chi connectivity index (χ0n) is 16.5. The van der Waals surface area contributed by atoms with Gasteiger partial charge in [-0.05, 0) is 31.2 Å². The Morgan fingerprint density at radius 3 is 2.48 bits per heavy atom. The molecule has 0 spiro atoms. The van der Waals surface area contributed by atoms with Gasteiger partial charge < -0.3 is 15.0 Å². The number of aromatic nitrogens is 2. The summed E-state index contributed by atoms with van der Waals surface area (Å²) in [6.45, 7) is 5.73. The lowest BCUT2D eigenvalue weighted by atomic mass is 10.2. The van der Waals surface area contributed by atoms with Gasteiger partial charge in [0.2, 0.25) is 0 Å². The third-order valence-electron chi connectivity index (χ3n) is 4.95. The first kappa shape index (κ1) is 19.1. The lowest BCUT2D eigenvalue weighted by Crippen LogP contribution is -2.48. The van der Waals surface area contributed by atoms with E-state index in [9.17, 15) is 4.79 Å². The molecule has 0 aliphatic carbocycles. The average molecular weight is 391 g/mol. The molecule has 0 unspecified atom stereocenters. The van der Waals surface area contributed by atoms with Crippen LogP contribution in [-0.2, 0) is 11.3 Å². The predicted molar refractivity (Wildman–Crippen MR) is 113 cm³/mol. The van der Waals surface area contributed by atoms with Crippen LogP contribution in [-0.4, -0.2) is 58.6 Å². The Bertz CT molecular complexity index is 971. The number of benzene rings is 2. The summed E-state index contributed by atoms with van der Waals surface area (Å²) in [4.78, 5) is 25.5. The first-order valence-electron chi connectivity index (χ1n) is 9.94. The van der Waals surface area contributed by atoms with Crippen LogP contribution < -0.4 is 5.32 Å². The molecule has 7 nitrogen and oxygen atoms in total. The topological polar surface area (TPSA) is 70.6 Å². The molecule has 1 aliphatic heterocycles. The molecule has 29 heavy (non-hydrogen) atoms. The van der Waals surface area contributed by atoms with Gasteiger partial charge in [0.05, 0.1) is 18.7 Å². The van der Waals surface area contributed by atoms with E-state index in [4.69, 9.17) is 14.7 Å². The molecule has 1 aromatic heterocycles. The molecule has 0 radical (unpaired) electrons. The van der Waals surface area contributed by atoms with E-state index in [-0.39, 0.29) is 6.09 Å². The van der Waals surface area contributed by atoms with Crippen LogP contribution in [0.25, 0.3) is 10.9 Å². The number of ether oxygens (including phenoxy) is 1. The number of nitrogens with one attached hydrogen (secondary N) is 1. The molecule has 150 valence electrons. The molecule has 0 bridgehead atoms. The molecule has 7 heteroatoms. The summed E-state index contributed by atoms with van der Waals surface area (Å²) in [5.74, 6) is 1.58. The fourth-order valence-electron chi connectivity index (χ4n) is 3.45. The van der Waals surface area contributed by atoms with Gasteiger partial charge in [-0.25, -0.2) is 14.8 Å². The van der Waals surface area contributed by atoms with Crippen LogP contribution in [0.1, 0.15) is 12.7 Å². The Labute approximate surface area is 170 Å². The number of para-hydroxylation sites is 2. The second-order valence-corrected chi connectivity index (χ2v) is 6.96. The van der Waals surface area contributed by atoms with Crippen LogP contribution in [0.3, 0.4) is 0 Å². The summed E-state index contributed by atoms with van der Waals surface area (Å²) in [5, 5.41) is 4.41. The molecule has 1 amide bonds. The van der Waals surface area contributed by atoms with Gasteiger partial charge in [0.1, 0.15) is 11.6 Å². The number of hydrogen-bond acceptors (Lipinski definition) is 6. The van der Waals surface area contributed by atoms with Gasteiger partial charge in [-0.15, -0.1) is 0 Å². The Balaban J connectivity index is 1.50. The van der Waals surface area contributed by atoms with Crippen molar-refractivity contribution in [2.45, 2.75) is 13.5 Å². The largest absolute Gasteiger partial charge is 0.450 e. The third-order valence-corrected chi connectivity index (χ3v) is 4.95. The highest BCUT2D eigenvalue weighted by molar-refractivity contribution is 5.90. The van der Waals surface area contributed by atoms with E-state index < -0.39 is 0 Å². The minimum absolute atomic E-state index is 0.233. The van der Waals surface area contributed by atoms with Gasteiger partial charge in [0.15, 0.2) is 0 Å². The fourth-order valence-corrected chi connectivity index (χ4v) is 3.45. The van der Waals surface area contributed by atoms with Gasteiger partial charge in [-0.1, -0.05) is 30.3 Å². The first-order chi connectivity index (χ1) is 14.2. The highest BCUT2D eigenvalue weighted by atomic mass is 16.6. The number of rotatable bonds is 5. The van der Waals surface area contributed by atoms with Gasteiger partial charge in [0, 0.05) is 37.3 Å². The van der Waals surface area contributed by atoms with Crippen molar-refractivity contribution in [1.82, 2.24) is 19.8 Å². The highest BCUT2D eigenvalue weighted by Gasteiger charge is 2.22. The lowest BCUT2D eigenvalue weighted by Gasteiger charge is -2.33. The maximum atomic E-state index is 11.9. The van der Waals surface area contributed by atoms with Gasteiger partial charge in [0.25, 0.3) is 0 Å². The zero-order valence-corrected chi connectivity index (χ0v) is 16.5. The van der Waals surface area contributed by atoms with E-state index in [1.54, 1.807) is 4.90 Å². The molecular weight excluding hydrogens is 366 g/mol. The Hall–Kier alpha value is -3.19. The standard InChI is InChI=1S/C22H25N5O2/c1-2-29-22(28)27-14-12-26(13-15-27)16-20-24-19-11-7-6-10-18(19)21(25-20)23-17-8-4-3-5-9-17/h3-11H,2,12-16H2,1H3,(H,23,24,25). The van der Waals surface area contributed by atoms with Gasteiger partial charge in [-0.2, -0.15) is 0 Å². The van der Waals surface area contributed by atoms with Crippen molar-refractivity contribution in [2.75, 3.05) is 38.1 Å². The zero-order chi connectivity index (χ0) is 20.1. The highest BCUT2D eigenvalue weighted by Crippen LogP contribution is 2.24. The Morgan fingerprint density at radius 2 is 1.72 bits per heavy atom. The van der Waals surface area contributed by atoms with Crippen molar-refractivity contribution in [1.29, 1.82) is 0 Å². The summed E-state index contributed by atoms with van der Waals surface area (Å²) in [5.41, 5.74) is 1.91. The second kappa shape index (κ2) is 8.87. The average Bonchev–Trinajstić information content (AvgIpc) is 2.75. The van der Waals surface area contributed by atoms with Crippen molar-refractivity contribution < 1.29 is 9.53 Å². The smallest absolute Gasteiger partial charge is 0.409 e. The third kappa shape index (κ3) is 4.63. The minimum atomic E-state index is -0.233. The maximum absolute atomic E-state index is 11.9. The van der Waals surface area contributed by atoms with Crippen LogP contribution in [0.2, 0.25) is 0 Å². The number of carbonyl (C=O) groups excluding carboxylic acids is 1. The van der Waals surface area contributed by atoms with Crippen molar-refractivity contribution in [3.8, 4) is 0 Å². The van der Waals surface area contributed by atoms with Crippen molar-refractivity contribution in [2.24, 2.45) is 0 Å². The van der Waals surface area contributed by atoms with Crippen molar-refractivity contribution in [3.05, 3.63) is 60.4 Å². The molecule has 1 aliphatic rings. The molecule has 0 saturated carbocycles. The number of anilines is 2. The van der Waals surface area contributed by atoms with Crippen LogP contribution in [0, 0.1) is 0 Å². The predicted octanol–water partition coefficient (Wildman–Crippen LogP) is 3.65.